The van der Waals surface area contributed by atoms with Crippen LogP contribution in [0.5, 0.6) is 17.2 Å². The van der Waals surface area contributed by atoms with Gasteiger partial charge >= 0.3 is 0 Å². The number of ether oxygens (including phenoxy) is 3. The van der Waals surface area contributed by atoms with E-state index < -0.39 is 6.10 Å². The molecular formula is C27H29NO5. The minimum Gasteiger partial charge on any atom is -0.496 e. The van der Waals surface area contributed by atoms with E-state index in [2.05, 4.69) is 0 Å². The number of carbonyl (C=O) groups is 2. The van der Waals surface area contributed by atoms with Gasteiger partial charge in [0.05, 0.1) is 13.7 Å². The first-order chi connectivity index (χ1) is 15.8. The van der Waals surface area contributed by atoms with Crippen molar-refractivity contribution in [3.8, 4) is 17.2 Å². The van der Waals surface area contributed by atoms with Gasteiger partial charge in [0.1, 0.15) is 5.75 Å². The molecule has 1 amide bonds. The summed E-state index contributed by atoms with van der Waals surface area (Å²) in [6, 6.07) is 16.6. The maximum atomic E-state index is 13.0. The molecule has 0 saturated heterocycles. The zero-order valence-corrected chi connectivity index (χ0v) is 19.6. The van der Waals surface area contributed by atoms with Crippen LogP contribution in [0.4, 0.5) is 0 Å². The molecule has 0 radical (unpaired) electrons. The highest BCUT2D eigenvalue weighted by atomic mass is 16.5. The predicted octanol–water partition coefficient (Wildman–Crippen LogP) is 5.00. The van der Waals surface area contributed by atoms with Gasteiger partial charge in [0.15, 0.2) is 23.4 Å². The molecule has 0 bridgehead atoms. The van der Waals surface area contributed by atoms with Crippen LogP contribution in [0.2, 0.25) is 0 Å². The van der Waals surface area contributed by atoms with Gasteiger partial charge < -0.3 is 19.1 Å². The standard InChI is InChI=1S/C27H29NO5/c1-6-32-26-17-19(12-15-25(26)33-18(2)27(30)28(3)4)11-14-23(29)21-13-16-24(31-5)22-10-8-7-9-20(21)22/h7-18H,6H2,1-5H3. The topological polar surface area (TPSA) is 65.1 Å². The molecule has 0 aliphatic carbocycles. The molecule has 6 nitrogen and oxygen atoms in total. The molecule has 3 aromatic carbocycles. The summed E-state index contributed by atoms with van der Waals surface area (Å²) in [6.07, 6.45) is 2.63. The first kappa shape index (κ1) is 23.9. The summed E-state index contributed by atoms with van der Waals surface area (Å²) < 4.78 is 16.9. The third-order valence-corrected chi connectivity index (χ3v) is 5.16. The van der Waals surface area contributed by atoms with Crippen molar-refractivity contribution in [2.24, 2.45) is 0 Å². The van der Waals surface area contributed by atoms with Gasteiger partial charge in [-0.3, -0.25) is 9.59 Å². The van der Waals surface area contributed by atoms with Crippen LogP contribution in [0.15, 0.2) is 60.7 Å². The zero-order valence-electron chi connectivity index (χ0n) is 19.6. The smallest absolute Gasteiger partial charge is 0.262 e. The van der Waals surface area contributed by atoms with Crippen molar-refractivity contribution >= 4 is 28.5 Å². The molecular weight excluding hydrogens is 418 g/mol. The Bertz CT molecular complexity index is 1180. The van der Waals surface area contributed by atoms with E-state index in [1.165, 1.54) is 11.0 Å². The molecule has 0 aliphatic heterocycles. The van der Waals surface area contributed by atoms with E-state index in [4.69, 9.17) is 14.2 Å². The normalized spacial score (nSPS) is 11.9. The Kier molecular flexibility index (Phi) is 7.72. The lowest BCUT2D eigenvalue weighted by Gasteiger charge is -2.20. The van der Waals surface area contributed by atoms with Crippen LogP contribution in [0.1, 0.15) is 29.8 Å². The number of benzene rings is 3. The molecule has 172 valence electrons. The molecule has 3 rings (SSSR count). The van der Waals surface area contributed by atoms with Crippen molar-refractivity contribution in [3.63, 3.8) is 0 Å². The van der Waals surface area contributed by atoms with Gasteiger partial charge in [-0.25, -0.2) is 0 Å². The second-order valence-electron chi connectivity index (χ2n) is 7.69. The van der Waals surface area contributed by atoms with E-state index in [1.54, 1.807) is 58.5 Å². The predicted molar refractivity (Wildman–Crippen MR) is 130 cm³/mol. The van der Waals surface area contributed by atoms with Gasteiger partial charge in [-0.05, 0) is 55.1 Å². The van der Waals surface area contributed by atoms with Gasteiger partial charge in [-0.1, -0.05) is 36.4 Å². The molecule has 1 unspecified atom stereocenters. The molecule has 0 saturated carbocycles. The summed E-state index contributed by atoms with van der Waals surface area (Å²) in [5.41, 5.74) is 1.38. The summed E-state index contributed by atoms with van der Waals surface area (Å²) in [5.74, 6) is 1.46. The number of fused-ring (bicyclic) bond motifs is 1. The van der Waals surface area contributed by atoms with Crippen molar-refractivity contribution in [2.75, 3.05) is 27.8 Å². The average Bonchev–Trinajstić information content (AvgIpc) is 2.82. The second kappa shape index (κ2) is 10.7. The van der Waals surface area contributed by atoms with Gasteiger partial charge in [-0.2, -0.15) is 0 Å². The number of ketones is 1. The number of methoxy groups -OCH3 is 1. The van der Waals surface area contributed by atoms with Crippen LogP contribution >= 0.6 is 0 Å². The molecule has 0 N–H and O–H groups in total. The number of likely N-dealkylation sites (N-methyl/N-ethyl adjacent to an activating group) is 1. The van der Waals surface area contributed by atoms with E-state index >= 15 is 0 Å². The quantitative estimate of drug-likeness (QED) is 0.341. The lowest BCUT2D eigenvalue weighted by molar-refractivity contribution is -0.135. The van der Waals surface area contributed by atoms with E-state index in [9.17, 15) is 9.59 Å². The Morgan fingerprint density at radius 3 is 2.33 bits per heavy atom. The van der Waals surface area contributed by atoms with Crippen LogP contribution in [0.25, 0.3) is 16.8 Å². The number of amides is 1. The fourth-order valence-corrected chi connectivity index (χ4v) is 3.52. The monoisotopic (exact) mass is 447 g/mol. The Hall–Kier alpha value is -3.80. The Balaban J connectivity index is 1.85. The highest BCUT2D eigenvalue weighted by molar-refractivity contribution is 6.15. The highest BCUT2D eigenvalue weighted by Crippen LogP contribution is 2.31. The molecule has 1 atom stereocenters. The third-order valence-electron chi connectivity index (χ3n) is 5.16. The van der Waals surface area contributed by atoms with Crippen molar-refractivity contribution in [1.29, 1.82) is 0 Å². The number of hydrogen-bond donors (Lipinski definition) is 0. The first-order valence-electron chi connectivity index (χ1n) is 10.8. The Morgan fingerprint density at radius 2 is 1.67 bits per heavy atom. The van der Waals surface area contributed by atoms with Crippen molar-refractivity contribution in [3.05, 3.63) is 71.8 Å². The van der Waals surface area contributed by atoms with Crippen LogP contribution in [-0.2, 0) is 4.79 Å². The van der Waals surface area contributed by atoms with Gasteiger partial charge in [0.25, 0.3) is 5.91 Å². The van der Waals surface area contributed by atoms with Gasteiger partial charge in [0.2, 0.25) is 0 Å². The van der Waals surface area contributed by atoms with E-state index in [0.717, 1.165) is 22.1 Å². The van der Waals surface area contributed by atoms with Crippen LogP contribution < -0.4 is 14.2 Å². The molecule has 0 fully saturated rings. The van der Waals surface area contributed by atoms with Crippen LogP contribution in [0, 0.1) is 0 Å². The molecule has 0 heterocycles. The minimum atomic E-state index is -0.648. The van der Waals surface area contributed by atoms with Crippen molar-refractivity contribution in [2.45, 2.75) is 20.0 Å². The number of rotatable bonds is 9. The fourth-order valence-electron chi connectivity index (χ4n) is 3.52. The second-order valence-corrected chi connectivity index (χ2v) is 7.69. The fraction of sp³-hybridized carbons (Fsp3) is 0.259. The van der Waals surface area contributed by atoms with Crippen LogP contribution in [-0.4, -0.2) is 50.5 Å². The number of hydrogen-bond acceptors (Lipinski definition) is 5. The van der Waals surface area contributed by atoms with E-state index in [-0.39, 0.29) is 11.7 Å². The zero-order chi connectivity index (χ0) is 24.0. The summed E-state index contributed by atoms with van der Waals surface area (Å²) >= 11 is 0. The molecule has 0 aliphatic rings. The SMILES string of the molecule is CCOc1cc(C=CC(=O)c2ccc(OC)c3ccccc23)ccc1OC(C)C(=O)N(C)C. The van der Waals surface area contributed by atoms with Gasteiger partial charge in [-0.15, -0.1) is 0 Å². The lowest BCUT2D eigenvalue weighted by Crippen LogP contribution is -2.35. The van der Waals surface area contributed by atoms with E-state index in [0.29, 0.717) is 23.7 Å². The highest BCUT2D eigenvalue weighted by Gasteiger charge is 2.19. The molecule has 0 spiro atoms. The average molecular weight is 448 g/mol. The number of allylic oxidation sites excluding steroid dienone is 1. The Labute approximate surface area is 194 Å². The molecule has 0 aromatic heterocycles. The van der Waals surface area contributed by atoms with Gasteiger partial charge in [0, 0.05) is 25.0 Å². The molecule has 33 heavy (non-hydrogen) atoms. The molecule has 3 aromatic rings. The maximum absolute atomic E-state index is 13.0. The Morgan fingerprint density at radius 1 is 0.970 bits per heavy atom. The van der Waals surface area contributed by atoms with Crippen molar-refractivity contribution in [1.82, 2.24) is 4.90 Å². The maximum Gasteiger partial charge on any atom is 0.262 e. The summed E-state index contributed by atoms with van der Waals surface area (Å²) in [6.45, 7) is 4.01. The molecule has 6 heteroatoms. The van der Waals surface area contributed by atoms with Crippen LogP contribution in [0.3, 0.4) is 0 Å². The first-order valence-corrected chi connectivity index (χ1v) is 10.8. The number of carbonyl (C=O) groups excluding carboxylic acids is 2. The summed E-state index contributed by atoms with van der Waals surface area (Å²) in [5, 5.41) is 1.73. The minimum absolute atomic E-state index is 0.114. The third kappa shape index (κ3) is 5.52. The van der Waals surface area contributed by atoms with Crippen molar-refractivity contribution < 1.29 is 23.8 Å². The largest absolute Gasteiger partial charge is 0.496 e. The summed E-state index contributed by atoms with van der Waals surface area (Å²) in [7, 11) is 4.98. The summed E-state index contributed by atoms with van der Waals surface area (Å²) in [4.78, 5) is 26.6. The lowest BCUT2D eigenvalue weighted by atomic mass is 10.00. The van der Waals surface area contributed by atoms with E-state index in [1.807, 2.05) is 37.3 Å². The number of nitrogens with zero attached hydrogens (tertiary/aromatic N) is 1.